The van der Waals surface area contributed by atoms with Crippen molar-refractivity contribution in [3.63, 3.8) is 0 Å². The molecule has 1 saturated heterocycles. The number of amides is 2. The molecule has 1 aliphatic rings. The molecule has 7 heteroatoms. The molecule has 0 saturated carbocycles. The summed E-state index contributed by atoms with van der Waals surface area (Å²) < 4.78 is 5.91. The third kappa shape index (κ3) is 3.62. The van der Waals surface area contributed by atoms with Gasteiger partial charge in [0.2, 0.25) is 0 Å². The van der Waals surface area contributed by atoms with Crippen LogP contribution >= 0.6 is 28.1 Å². The summed E-state index contributed by atoms with van der Waals surface area (Å²) in [5.41, 5.74) is 1.30. The first kappa shape index (κ1) is 17.3. The molecule has 1 N–H and O–H groups in total. The van der Waals surface area contributed by atoms with Crippen molar-refractivity contribution in [3.05, 3.63) is 64.1 Å². The van der Waals surface area contributed by atoms with Crippen molar-refractivity contribution in [2.24, 2.45) is 0 Å². The predicted molar refractivity (Wildman–Crippen MR) is 103 cm³/mol. The van der Waals surface area contributed by atoms with Gasteiger partial charge in [-0.25, -0.2) is 0 Å². The summed E-state index contributed by atoms with van der Waals surface area (Å²) in [4.78, 5) is 26.4. The number of hydrogen-bond donors (Lipinski definition) is 1. The van der Waals surface area contributed by atoms with E-state index in [0.29, 0.717) is 17.0 Å². The molecule has 1 fully saturated rings. The second-order valence-electron chi connectivity index (χ2n) is 5.21. The molecular formula is C18H13BrN2O3S. The number of anilines is 1. The van der Waals surface area contributed by atoms with Crippen molar-refractivity contribution in [3.8, 4) is 5.75 Å². The molecule has 2 amide bonds. The highest BCUT2D eigenvalue weighted by Gasteiger charge is 2.34. The van der Waals surface area contributed by atoms with Crippen LogP contribution in [0.5, 0.6) is 5.75 Å². The van der Waals surface area contributed by atoms with Gasteiger partial charge in [-0.3, -0.25) is 19.8 Å². The Hall–Kier alpha value is -2.51. The average molecular weight is 417 g/mol. The van der Waals surface area contributed by atoms with Crippen LogP contribution in [0.25, 0.3) is 6.08 Å². The second-order valence-corrected chi connectivity index (χ2v) is 6.51. The molecule has 2 aromatic carbocycles. The van der Waals surface area contributed by atoms with Crippen molar-refractivity contribution in [1.29, 1.82) is 0 Å². The van der Waals surface area contributed by atoms with Crippen LogP contribution < -0.4 is 15.0 Å². The minimum absolute atomic E-state index is 0.0127. The van der Waals surface area contributed by atoms with Gasteiger partial charge in [0.15, 0.2) is 5.11 Å². The van der Waals surface area contributed by atoms with Gasteiger partial charge < -0.3 is 4.74 Å². The maximum absolute atomic E-state index is 12.9. The summed E-state index contributed by atoms with van der Waals surface area (Å²) in [6.45, 7) is 0. The highest BCUT2D eigenvalue weighted by molar-refractivity contribution is 9.10. The molecule has 0 bridgehead atoms. The van der Waals surface area contributed by atoms with E-state index in [9.17, 15) is 9.59 Å². The maximum Gasteiger partial charge on any atom is 0.270 e. The standard InChI is InChI=1S/C18H13BrN2O3S/c1-24-14-7-5-11(6-8-14)9-15-16(22)20-18(25)21(17(15)23)13-4-2-3-12(19)10-13/h2-10H,1H3,(H,20,22,25). The molecule has 0 aliphatic carbocycles. The molecule has 5 nitrogen and oxygen atoms in total. The van der Waals surface area contributed by atoms with Crippen molar-refractivity contribution in [2.75, 3.05) is 12.0 Å². The van der Waals surface area contributed by atoms with Gasteiger partial charge in [-0.1, -0.05) is 34.1 Å². The van der Waals surface area contributed by atoms with Crippen molar-refractivity contribution < 1.29 is 14.3 Å². The molecule has 2 aromatic rings. The lowest BCUT2D eigenvalue weighted by molar-refractivity contribution is -0.122. The number of thiocarbonyl (C=S) groups is 1. The van der Waals surface area contributed by atoms with E-state index in [1.807, 2.05) is 6.07 Å². The zero-order valence-electron chi connectivity index (χ0n) is 13.2. The third-order valence-corrected chi connectivity index (χ3v) is 4.37. The van der Waals surface area contributed by atoms with Crippen molar-refractivity contribution in [1.82, 2.24) is 5.32 Å². The lowest BCUT2D eigenvalue weighted by Gasteiger charge is -2.29. The Kier molecular flexibility index (Phi) is 4.96. The topological polar surface area (TPSA) is 58.6 Å². The van der Waals surface area contributed by atoms with Crippen LogP contribution in [0, 0.1) is 0 Å². The summed E-state index contributed by atoms with van der Waals surface area (Å²) in [7, 11) is 1.57. The summed E-state index contributed by atoms with van der Waals surface area (Å²) in [5.74, 6) is -0.293. The van der Waals surface area contributed by atoms with Crippen LogP contribution in [-0.4, -0.2) is 24.0 Å². The second kappa shape index (κ2) is 7.16. The Balaban J connectivity index is 1.98. The van der Waals surface area contributed by atoms with Crippen LogP contribution in [0.4, 0.5) is 5.69 Å². The van der Waals surface area contributed by atoms with Gasteiger partial charge in [0.25, 0.3) is 11.8 Å². The molecule has 25 heavy (non-hydrogen) atoms. The lowest BCUT2D eigenvalue weighted by atomic mass is 10.1. The first-order valence-electron chi connectivity index (χ1n) is 7.30. The van der Waals surface area contributed by atoms with E-state index in [1.54, 1.807) is 49.6 Å². The minimum Gasteiger partial charge on any atom is -0.497 e. The molecule has 3 rings (SSSR count). The summed E-state index contributed by atoms with van der Waals surface area (Å²) in [6.07, 6.45) is 1.53. The van der Waals surface area contributed by atoms with E-state index in [-0.39, 0.29) is 10.7 Å². The van der Waals surface area contributed by atoms with E-state index in [4.69, 9.17) is 17.0 Å². The molecule has 1 aliphatic heterocycles. The largest absolute Gasteiger partial charge is 0.497 e. The summed E-state index contributed by atoms with van der Waals surface area (Å²) in [5, 5.41) is 2.62. The fraction of sp³-hybridized carbons (Fsp3) is 0.0556. The highest BCUT2D eigenvalue weighted by Crippen LogP contribution is 2.25. The molecule has 0 radical (unpaired) electrons. The first-order chi connectivity index (χ1) is 12.0. The van der Waals surface area contributed by atoms with Gasteiger partial charge in [-0.2, -0.15) is 0 Å². The van der Waals surface area contributed by atoms with Gasteiger partial charge in [-0.15, -0.1) is 0 Å². The fourth-order valence-electron chi connectivity index (χ4n) is 2.37. The van der Waals surface area contributed by atoms with Gasteiger partial charge in [0, 0.05) is 4.47 Å². The Morgan fingerprint density at radius 3 is 2.52 bits per heavy atom. The fourth-order valence-corrected chi connectivity index (χ4v) is 3.04. The highest BCUT2D eigenvalue weighted by atomic mass is 79.9. The first-order valence-corrected chi connectivity index (χ1v) is 8.51. The summed E-state index contributed by atoms with van der Waals surface area (Å²) in [6, 6.07) is 14.2. The van der Waals surface area contributed by atoms with E-state index < -0.39 is 11.8 Å². The van der Waals surface area contributed by atoms with E-state index in [0.717, 1.165) is 4.47 Å². The number of methoxy groups -OCH3 is 1. The third-order valence-electron chi connectivity index (χ3n) is 3.59. The monoisotopic (exact) mass is 416 g/mol. The molecule has 1 heterocycles. The summed E-state index contributed by atoms with van der Waals surface area (Å²) >= 11 is 8.54. The van der Waals surface area contributed by atoms with Gasteiger partial charge in [0.05, 0.1) is 12.8 Å². The SMILES string of the molecule is COc1ccc(C=C2C(=O)NC(=S)N(c3cccc(Br)c3)C2=O)cc1. The molecule has 126 valence electrons. The zero-order chi connectivity index (χ0) is 18.0. The Morgan fingerprint density at radius 2 is 1.88 bits per heavy atom. The molecule has 0 spiro atoms. The zero-order valence-corrected chi connectivity index (χ0v) is 15.6. The van der Waals surface area contributed by atoms with Crippen LogP contribution in [0.1, 0.15) is 5.56 Å². The van der Waals surface area contributed by atoms with E-state index in [1.165, 1.54) is 11.0 Å². The number of carbonyl (C=O) groups is 2. The molecule has 0 unspecified atom stereocenters. The smallest absolute Gasteiger partial charge is 0.270 e. The maximum atomic E-state index is 12.9. The predicted octanol–water partition coefficient (Wildman–Crippen LogP) is 3.29. The number of halogens is 1. The van der Waals surface area contributed by atoms with Crippen LogP contribution in [0.15, 0.2) is 58.6 Å². The van der Waals surface area contributed by atoms with Crippen molar-refractivity contribution >= 4 is 56.8 Å². The van der Waals surface area contributed by atoms with Gasteiger partial charge in [-0.05, 0) is 54.2 Å². The normalized spacial score (nSPS) is 16.2. The van der Waals surface area contributed by atoms with E-state index >= 15 is 0 Å². The Labute approximate surface area is 158 Å². The number of rotatable bonds is 3. The van der Waals surface area contributed by atoms with E-state index in [2.05, 4.69) is 21.2 Å². The average Bonchev–Trinajstić information content (AvgIpc) is 2.59. The van der Waals surface area contributed by atoms with Gasteiger partial charge in [0.1, 0.15) is 11.3 Å². The number of ether oxygens (including phenoxy) is 1. The lowest BCUT2D eigenvalue weighted by Crippen LogP contribution is -2.54. The number of carbonyl (C=O) groups excluding carboxylic acids is 2. The van der Waals surface area contributed by atoms with Gasteiger partial charge >= 0.3 is 0 Å². The number of nitrogens with zero attached hydrogens (tertiary/aromatic N) is 1. The quantitative estimate of drug-likeness (QED) is 0.473. The number of hydrogen-bond acceptors (Lipinski definition) is 4. The van der Waals surface area contributed by atoms with Crippen LogP contribution in [-0.2, 0) is 9.59 Å². The number of nitrogens with one attached hydrogen (secondary N) is 1. The Morgan fingerprint density at radius 1 is 1.16 bits per heavy atom. The minimum atomic E-state index is -0.517. The number of benzene rings is 2. The van der Waals surface area contributed by atoms with Crippen LogP contribution in [0.2, 0.25) is 0 Å². The van der Waals surface area contributed by atoms with Crippen LogP contribution in [0.3, 0.4) is 0 Å². The van der Waals surface area contributed by atoms with Crippen molar-refractivity contribution in [2.45, 2.75) is 0 Å². The molecule has 0 atom stereocenters. The Bertz CT molecular complexity index is 893. The molecule has 0 aromatic heterocycles. The molecular weight excluding hydrogens is 404 g/mol.